The maximum atomic E-state index is 10.9. The molecule has 13 heavy (non-hydrogen) atoms. The Bertz CT molecular complexity index is 227. The summed E-state index contributed by atoms with van der Waals surface area (Å²) in [5, 5.41) is 12.7. The number of amides is 2. The second kappa shape index (κ2) is 5.13. The van der Waals surface area contributed by atoms with E-state index in [0.717, 1.165) is 0 Å². The van der Waals surface area contributed by atoms with Gasteiger partial charge in [-0.15, -0.1) is 0 Å². The largest absolute Gasteiger partial charge is 0.479 e. The lowest BCUT2D eigenvalue weighted by molar-refractivity contribution is -0.137. The summed E-state index contributed by atoms with van der Waals surface area (Å²) >= 11 is 0. The summed E-state index contributed by atoms with van der Waals surface area (Å²) in [6.45, 7) is 2.30. The minimum Gasteiger partial charge on any atom is -0.479 e. The number of hydrogen-bond donors (Lipinski definition) is 3. The number of carbonyl (C=O) groups excluding carboxylic acids is 2. The Hall–Kier alpha value is -1.59. The van der Waals surface area contributed by atoms with Gasteiger partial charge in [0.1, 0.15) is 0 Å². The first-order chi connectivity index (χ1) is 5.93. The Labute approximate surface area is 75.3 Å². The second-order valence-electron chi connectivity index (χ2n) is 2.39. The lowest BCUT2D eigenvalue weighted by atomic mass is 10.3. The van der Waals surface area contributed by atoms with Crippen LogP contribution in [0.15, 0.2) is 0 Å². The molecule has 0 aromatic carbocycles. The van der Waals surface area contributed by atoms with Crippen molar-refractivity contribution in [2.75, 3.05) is 6.54 Å². The van der Waals surface area contributed by atoms with E-state index >= 15 is 0 Å². The highest BCUT2D eigenvalue weighted by molar-refractivity contribution is 5.91. The van der Waals surface area contributed by atoms with Gasteiger partial charge in [0, 0.05) is 6.92 Å². The Morgan fingerprint density at radius 3 is 2.15 bits per heavy atom. The van der Waals surface area contributed by atoms with Crippen LogP contribution >= 0.6 is 0 Å². The summed E-state index contributed by atoms with van der Waals surface area (Å²) in [6, 6.07) is -0.171. The number of carboxylic acids is 1. The Morgan fingerprint density at radius 1 is 1.23 bits per heavy atom. The zero-order chi connectivity index (χ0) is 10.4. The highest BCUT2D eigenvalue weighted by atomic mass is 16.4. The number of hydrogen-bond acceptors (Lipinski definition) is 3. The molecule has 0 aromatic heterocycles. The van der Waals surface area contributed by atoms with Crippen molar-refractivity contribution in [2.45, 2.75) is 13.8 Å². The fourth-order valence-corrected chi connectivity index (χ4v) is 0.512. The van der Waals surface area contributed by atoms with Crippen molar-refractivity contribution in [1.29, 1.82) is 0 Å². The zero-order valence-electron chi connectivity index (χ0n) is 7.38. The van der Waals surface area contributed by atoms with Crippen LogP contribution < -0.4 is 10.6 Å². The van der Waals surface area contributed by atoms with Gasteiger partial charge in [0.25, 0.3) is 0 Å². The van der Waals surface area contributed by atoms with E-state index in [4.69, 9.17) is 5.11 Å². The Morgan fingerprint density at radius 2 is 1.77 bits per heavy atom. The molecule has 6 nitrogen and oxygen atoms in total. The first-order valence-corrected chi connectivity index (χ1v) is 3.54. The van der Waals surface area contributed by atoms with Crippen LogP contribution in [0.25, 0.3) is 0 Å². The van der Waals surface area contributed by atoms with Crippen LogP contribution in [0.4, 0.5) is 0 Å². The molecule has 2 amide bonds. The highest BCUT2D eigenvalue weighted by Gasteiger charge is 2.14. The first kappa shape index (κ1) is 11.4. The molecule has 0 saturated heterocycles. The lowest BCUT2D eigenvalue weighted by Gasteiger charge is -2.07. The van der Waals surface area contributed by atoms with Crippen molar-refractivity contribution < 1.29 is 19.5 Å². The fourth-order valence-electron chi connectivity index (χ4n) is 0.512. The minimum absolute atomic E-state index is 0.171. The van der Waals surface area contributed by atoms with E-state index in [-0.39, 0.29) is 18.5 Å². The van der Waals surface area contributed by atoms with Gasteiger partial charge in [-0.25, -0.2) is 4.79 Å². The number of rotatable bonds is 4. The van der Waals surface area contributed by atoms with Gasteiger partial charge in [0.15, 0.2) is 6.04 Å². The van der Waals surface area contributed by atoms with Crippen LogP contribution in [-0.2, 0) is 14.4 Å². The number of carbonyl (C=O) groups is 3. The molecule has 1 radical (unpaired) electrons. The monoisotopic (exact) mass is 187 g/mol. The molecule has 0 unspecified atom stereocenters. The first-order valence-electron chi connectivity index (χ1n) is 3.54. The van der Waals surface area contributed by atoms with E-state index in [1.807, 2.05) is 0 Å². The van der Waals surface area contributed by atoms with E-state index in [1.54, 1.807) is 0 Å². The van der Waals surface area contributed by atoms with Crippen LogP contribution in [0.5, 0.6) is 0 Å². The molecule has 0 aliphatic heterocycles. The summed E-state index contributed by atoms with van der Waals surface area (Å²) in [5.41, 5.74) is 0. The third kappa shape index (κ3) is 5.66. The molecule has 0 aliphatic carbocycles. The van der Waals surface area contributed by atoms with E-state index < -0.39 is 11.9 Å². The topological polar surface area (TPSA) is 95.5 Å². The zero-order valence-corrected chi connectivity index (χ0v) is 7.38. The van der Waals surface area contributed by atoms with Crippen molar-refractivity contribution in [3.63, 3.8) is 0 Å². The average Bonchev–Trinajstić information content (AvgIpc) is 2.00. The van der Waals surface area contributed by atoms with Crippen LogP contribution in [0.2, 0.25) is 0 Å². The molecule has 0 heterocycles. The third-order valence-electron chi connectivity index (χ3n) is 1.15. The molecule has 0 fully saturated rings. The van der Waals surface area contributed by atoms with Crippen LogP contribution in [0, 0.1) is 6.04 Å². The SMILES string of the molecule is C[C](NC(=O)CNC(C)=O)C(=O)O. The summed E-state index contributed by atoms with van der Waals surface area (Å²) in [4.78, 5) is 31.4. The summed E-state index contributed by atoms with van der Waals surface area (Å²) in [7, 11) is 0. The minimum atomic E-state index is -1.20. The quantitative estimate of drug-likeness (QED) is 0.519. The molecule has 0 aromatic rings. The predicted molar refractivity (Wildman–Crippen MR) is 43.4 cm³/mol. The summed E-state index contributed by atoms with van der Waals surface area (Å²) < 4.78 is 0. The molecule has 0 atom stereocenters. The molecule has 0 rings (SSSR count). The maximum Gasteiger partial charge on any atom is 0.332 e. The number of aliphatic carboxylic acids is 1. The normalized spacial score (nSPS) is 9.46. The average molecular weight is 187 g/mol. The predicted octanol–water partition coefficient (Wildman–Crippen LogP) is -1.12. The van der Waals surface area contributed by atoms with Gasteiger partial charge in [-0.1, -0.05) is 0 Å². The van der Waals surface area contributed by atoms with E-state index in [0.29, 0.717) is 0 Å². The van der Waals surface area contributed by atoms with E-state index in [1.165, 1.54) is 13.8 Å². The molecule has 0 spiro atoms. The van der Waals surface area contributed by atoms with Crippen LogP contribution in [-0.4, -0.2) is 29.4 Å². The van der Waals surface area contributed by atoms with Crippen molar-refractivity contribution in [1.82, 2.24) is 10.6 Å². The van der Waals surface area contributed by atoms with Crippen molar-refractivity contribution in [3.05, 3.63) is 6.04 Å². The van der Waals surface area contributed by atoms with Crippen LogP contribution in [0.1, 0.15) is 13.8 Å². The summed E-state index contributed by atoms with van der Waals surface area (Å²) in [6.07, 6.45) is 0. The molecule has 73 valence electrons. The van der Waals surface area contributed by atoms with Crippen LogP contribution in [0.3, 0.4) is 0 Å². The van der Waals surface area contributed by atoms with Gasteiger partial charge >= 0.3 is 5.97 Å². The molecular weight excluding hydrogens is 176 g/mol. The van der Waals surface area contributed by atoms with Gasteiger partial charge < -0.3 is 15.7 Å². The molecule has 0 bridgehead atoms. The van der Waals surface area contributed by atoms with Crippen molar-refractivity contribution >= 4 is 17.8 Å². The van der Waals surface area contributed by atoms with E-state index in [9.17, 15) is 14.4 Å². The van der Waals surface area contributed by atoms with Gasteiger partial charge in [-0.05, 0) is 6.92 Å². The molecule has 3 N–H and O–H groups in total. The van der Waals surface area contributed by atoms with E-state index in [2.05, 4.69) is 10.6 Å². The smallest absolute Gasteiger partial charge is 0.332 e. The molecule has 6 heteroatoms. The van der Waals surface area contributed by atoms with Gasteiger partial charge in [-0.2, -0.15) is 0 Å². The maximum absolute atomic E-state index is 10.9. The second-order valence-corrected chi connectivity index (χ2v) is 2.39. The Balaban J connectivity index is 3.74. The standard InChI is InChI=1S/C7H11N2O4/c1-4(7(12)13)9-6(11)3-8-5(2)10/h3H2,1-2H3,(H,8,10)(H,9,11)(H,12,13). The van der Waals surface area contributed by atoms with Crippen molar-refractivity contribution in [2.24, 2.45) is 0 Å². The third-order valence-corrected chi connectivity index (χ3v) is 1.15. The lowest BCUT2D eigenvalue weighted by Crippen LogP contribution is -2.39. The molecule has 0 saturated carbocycles. The van der Waals surface area contributed by atoms with Gasteiger partial charge in [0.2, 0.25) is 11.8 Å². The van der Waals surface area contributed by atoms with Gasteiger partial charge in [-0.3, -0.25) is 9.59 Å². The highest BCUT2D eigenvalue weighted by Crippen LogP contribution is 1.89. The summed E-state index contributed by atoms with van der Waals surface area (Å²) in [5.74, 6) is -2.10. The number of nitrogens with one attached hydrogen (secondary N) is 2. The number of carboxylic acid groups (broad SMARTS) is 1. The fraction of sp³-hybridized carbons (Fsp3) is 0.429. The Kier molecular flexibility index (Phi) is 4.50. The van der Waals surface area contributed by atoms with Gasteiger partial charge in [0.05, 0.1) is 6.54 Å². The van der Waals surface area contributed by atoms with Crippen molar-refractivity contribution in [3.8, 4) is 0 Å². The molecular formula is C7H11N2O4. The molecule has 0 aliphatic rings.